The number of alkyl halides is 6. The Hall–Kier alpha value is -5.77. The number of fused-ring (bicyclic) bond motifs is 2. The number of hydrogen-bond donors (Lipinski definition) is 2. The van der Waals surface area contributed by atoms with Gasteiger partial charge in [0.1, 0.15) is 24.7 Å². The summed E-state index contributed by atoms with van der Waals surface area (Å²) in [4.78, 5) is 45.6. The van der Waals surface area contributed by atoms with Crippen LogP contribution in [0, 0.1) is 0 Å². The van der Waals surface area contributed by atoms with Crippen molar-refractivity contribution >= 4 is 74.1 Å². The van der Waals surface area contributed by atoms with E-state index in [1.807, 2.05) is 0 Å². The van der Waals surface area contributed by atoms with Crippen LogP contribution in [-0.2, 0) is 28.7 Å². The van der Waals surface area contributed by atoms with Crippen molar-refractivity contribution in [2.24, 2.45) is 0 Å². The highest BCUT2D eigenvalue weighted by molar-refractivity contribution is 7.90. The van der Waals surface area contributed by atoms with E-state index in [1.54, 1.807) is 66.7 Å². The number of halogens is 8. The van der Waals surface area contributed by atoms with E-state index in [0.717, 1.165) is 11.1 Å². The van der Waals surface area contributed by atoms with Crippen LogP contribution in [0.3, 0.4) is 0 Å². The average molecular weight is 953 g/mol. The molecule has 0 spiro atoms. The maximum atomic E-state index is 13.3. The van der Waals surface area contributed by atoms with E-state index in [-0.39, 0.29) is 58.3 Å². The third-order valence-electron chi connectivity index (χ3n) is 10.2. The molecule has 0 saturated heterocycles. The Bertz CT molecular complexity index is 2620. The van der Waals surface area contributed by atoms with E-state index in [1.165, 1.54) is 23.2 Å². The zero-order valence-electron chi connectivity index (χ0n) is 33.3. The van der Waals surface area contributed by atoms with Crippen LogP contribution in [-0.4, -0.2) is 83.1 Å². The van der Waals surface area contributed by atoms with Crippen LogP contribution < -0.4 is 24.9 Å². The van der Waals surface area contributed by atoms with Crippen LogP contribution in [0.4, 0.5) is 64.9 Å². The molecule has 0 radical (unpaired) electrons. The van der Waals surface area contributed by atoms with Gasteiger partial charge in [-0.2, -0.15) is 31.3 Å². The molecular formula is C41H37Cl2F6N9O5S. The molecule has 338 valence electrons. The van der Waals surface area contributed by atoms with Gasteiger partial charge in [-0.3, -0.25) is 19.6 Å². The summed E-state index contributed by atoms with van der Waals surface area (Å²) in [6, 6.07) is 19.0. The molecule has 2 aromatic heterocycles. The van der Waals surface area contributed by atoms with Crippen molar-refractivity contribution in [3.05, 3.63) is 118 Å². The number of nitrogens with one attached hydrogen (secondary N) is 1. The predicted molar refractivity (Wildman–Crippen MR) is 226 cm³/mol. The quantitative estimate of drug-likeness (QED) is 0.108. The summed E-state index contributed by atoms with van der Waals surface area (Å²) in [7, 11) is -4.08. The Morgan fingerprint density at radius 3 is 1.64 bits per heavy atom. The number of sulfone groups is 1. The third kappa shape index (κ3) is 10.9. The molecule has 5 aromatic rings. The minimum absolute atomic E-state index is 0.00214. The summed E-state index contributed by atoms with van der Waals surface area (Å²) in [6.45, 7) is -3.31. The Morgan fingerprint density at radius 2 is 1.14 bits per heavy atom. The minimum atomic E-state index is -4.76. The monoisotopic (exact) mass is 951 g/mol. The number of rotatable bonds is 9. The number of para-hydroxylation sites is 2. The Kier molecular flexibility index (Phi) is 13.5. The first-order valence-corrected chi connectivity index (χ1v) is 21.9. The molecule has 2 aliphatic heterocycles. The van der Waals surface area contributed by atoms with E-state index < -0.39 is 64.1 Å². The second-order valence-corrected chi connectivity index (χ2v) is 17.7. The summed E-state index contributed by atoms with van der Waals surface area (Å²) in [5.41, 5.74) is 1.52. The number of urea groups is 2. The topological polar surface area (TPSA) is 165 Å². The fourth-order valence-electron chi connectivity index (χ4n) is 7.26. The average Bonchev–Trinajstić information content (AvgIpc) is 3.24. The summed E-state index contributed by atoms with van der Waals surface area (Å²) >= 11 is 12.3. The second kappa shape index (κ2) is 18.8. The first-order chi connectivity index (χ1) is 30.3. The number of hydrogen-bond acceptors (Lipinski definition) is 10. The van der Waals surface area contributed by atoms with E-state index in [9.17, 15) is 49.5 Å². The number of aromatic nitrogens is 4. The first-order valence-electron chi connectivity index (χ1n) is 19.5. The smallest absolute Gasteiger partial charge is 0.393 e. The zero-order valence-corrected chi connectivity index (χ0v) is 35.6. The van der Waals surface area contributed by atoms with E-state index in [0.29, 0.717) is 52.3 Å². The summed E-state index contributed by atoms with van der Waals surface area (Å²) in [5.74, 6) is -0.751. The number of benzene rings is 3. The molecule has 1 saturated carbocycles. The standard InChI is InChI=1S/C21H16ClF3N4O3S.C20H21ClF3N5O2/c22-16-8-4-5-9-17(16)28-11-15-10-26-19(33(31,32)12-14-6-2-1-3-7-14)27-18(15)29(20(28)30)13-21(23,24)25;21-15-3-1-2-4-16(15)28-10-12-9-25-18(26-13-5-7-14(30)8-6-13)27-17(12)29(19(28)31)11-20(22,23)24/h1-10H,11-13H2;1-4,9,13-14,30H,5-8,10-11H2,(H,25,26,27). The first kappa shape index (κ1) is 46.2. The molecule has 0 atom stereocenters. The fraction of sp³-hybridized carbons (Fsp3) is 0.317. The number of amides is 4. The number of anilines is 5. The molecule has 8 rings (SSSR count). The van der Waals surface area contributed by atoms with Crippen LogP contribution in [0.1, 0.15) is 42.4 Å². The molecule has 3 aliphatic rings. The van der Waals surface area contributed by atoms with Crippen molar-refractivity contribution in [3.8, 4) is 0 Å². The van der Waals surface area contributed by atoms with Gasteiger partial charge in [0.05, 0.1) is 46.4 Å². The van der Waals surface area contributed by atoms with Gasteiger partial charge in [0.2, 0.25) is 20.9 Å². The molecular weight excluding hydrogens is 915 g/mol. The SMILES string of the molecule is O=C1N(c2ccccc2Cl)Cc2cnc(NC3CCC(O)CC3)nc2N1CC(F)(F)F.O=C1N(c2ccccc2Cl)Cc2cnc(S(=O)(=O)Cc3ccccc3)nc2N1CC(F)(F)F. The second-order valence-electron chi connectivity index (χ2n) is 15.0. The summed E-state index contributed by atoms with van der Waals surface area (Å²) in [6.07, 6.45) is -4.48. The molecule has 64 heavy (non-hydrogen) atoms. The lowest BCUT2D eigenvalue weighted by Crippen LogP contribution is -2.51. The number of carbonyl (C=O) groups is 2. The molecule has 23 heteroatoms. The predicted octanol–water partition coefficient (Wildman–Crippen LogP) is 8.97. The lowest BCUT2D eigenvalue weighted by atomic mass is 9.93. The number of carbonyl (C=O) groups excluding carboxylic acids is 2. The molecule has 14 nitrogen and oxygen atoms in total. The van der Waals surface area contributed by atoms with E-state index >= 15 is 0 Å². The van der Waals surface area contributed by atoms with Gasteiger partial charge in [-0.25, -0.2) is 33.0 Å². The lowest BCUT2D eigenvalue weighted by molar-refractivity contribution is -0.119. The zero-order chi connectivity index (χ0) is 46.0. The molecule has 0 unspecified atom stereocenters. The maximum absolute atomic E-state index is 13.3. The van der Waals surface area contributed by atoms with Gasteiger partial charge in [0.25, 0.3) is 0 Å². The molecule has 1 fully saturated rings. The van der Waals surface area contributed by atoms with Crippen LogP contribution >= 0.6 is 23.2 Å². The van der Waals surface area contributed by atoms with Gasteiger partial charge in [-0.1, -0.05) is 77.8 Å². The molecule has 1 aliphatic carbocycles. The van der Waals surface area contributed by atoms with Gasteiger partial charge < -0.3 is 10.4 Å². The van der Waals surface area contributed by atoms with Crippen molar-refractivity contribution in [1.29, 1.82) is 0 Å². The number of aliphatic hydroxyl groups is 1. The highest BCUT2D eigenvalue weighted by Crippen LogP contribution is 2.38. The molecule has 4 amide bonds. The minimum Gasteiger partial charge on any atom is -0.393 e. The van der Waals surface area contributed by atoms with Crippen molar-refractivity contribution in [1.82, 2.24) is 19.9 Å². The number of nitrogens with zero attached hydrogens (tertiary/aromatic N) is 8. The maximum Gasteiger partial charge on any atom is 0.406 e. The normalized spacial score (nSPS) is 18.0. The number of aliphatic hydroxyl groups excluding tert-OH is 1. The van der Waals surface area contributed by atoms with E-state index in [2.05, 4.69) is 25.3 Å². The largest absolute Gasteiger partial charge is 0.406 e. The van der Waals surface area contributed by atoms with Gasteiger partial charge in [0, 0.05) is 29.6 Å². The highest BCUT2D eigenvalue weighted by atomic mass is 35.5. The summed E-state index contributed by atoms with van der Waals surface area (Å²) < 4.78 is 106. The van der Waals surface area contributed by atoms with Crippen molar-refractivity contribution in [3.63, 3.8) is 0 Å². The fourth-order valence-corrected chi connectivity index (χ4v) is 8.94. The van der Waals surface area contributed by atoms with Crippen molar-refractivity contribution in [2.75, 3.05) is 38.0 Å². The molecule has 0 bridgehead atoms. The third-order valence-corrected chi connectivity index (χ3v) is 12.3. The highest BCUT2D eigenvalue weighted by Gasteiger charge is 2.43. The molecule has 4 heterocycles. The van der Waals surface area contributed by atoms with Crippen LogP contribution in [0.25, 0.3) is 0 Å². The lowest BCUT2D eigenvalue weighted by Gasteiger charge is -2.36. The van der Waals surface area contributed by atoms with Gasteiger partial charge >= 0.3 is 24.4 Å². The van der Waals surface area contributed by atoms with Gasteiger partial charge in [-0.15, -0.1) is 0 Å². The molecule has 2 N–H and O–H groups in total. The van der Waals surface area contributed by atoms with Gasteiger partial charge in [-0.05, 0) is 55.5 Å². The summed E-state index contributed by atoms with van der Waals surface area (Å²) in [5, 5.41) is 12.5. The van der Waals surface area contributed by atoms with E-state index in [4.69, 9.17) is 23.2 Å². The Morgan fingerprint density at radius 1 is 0.672 bits per heavy atom. The Labute approximate surface area is 372 Å². The molecule has 3 aromatic carbocycles. The van der Waals surface area contributed by atoms with Crippen molar-refractivity contribution < 1.29 is 49.5 Å². The Balaban J connectivity index is 0.000000192. The van der Waals surface area contributed by atoms with Crippen molar-refractivity contribution in [2.45, 2.75) is 74.2 Å². The van der Waals surface area contributed by atoms with Crippen LogP contribution in [0.2, 0.25) is 10.0 Å². The van der Waals surface area contributed by atoms with Crippen LogP contribution in [0.5, 0.6) is 0 Å². The van der Waals surface area contributed by atoms with Gasteiger partial charge in [0.15, 0.2) is 0 Å². The van der Waals surface area contributed by atoms with Crippen LogP contribution in [0.15, 0.2) is 96.4 Å².